The molecule has 12 heavy (non-hydrogen) atoms. The summed E-state index contributed by atoms with van der Waals surface area (Å²) in [6.07, 6.45) is 3.24. The van der Waals surface area contributed by atoms with Crippen LogP contribution in [0.25, 0.3) is 0 Å². The predicted octanol–water partition coefficient (Wildman–Crippen LogP) is 0.478. The zero-order valence-electron chi connectivity index (χ0n) is 7.99. The van der Waals surface area contributed by atoms with Gasteiger partial charge in [-0.3, -0.25) is 0 Å². The molecule has 0 spiro atoms. The monoisotopic (exact) mass is 173 g/mol. The third-order valence-electron chi connectivity index (χ3n) is 2.52. The van der Waals surface area contributed by atoms with Crippen LogP contribution in [-0.4, -0.2) is 49.5 Å². The fraction of sp³-hybridized carbons (Fsp3) is 1.00. The second-order valence-corrected chi connectivity index (χ2v) is 3.65. The summed E-state index contributed by atoms with van der Waals surface area (Å²) >= 11 is 0. The Kier molecular flexibility index (Phi) is 3.98. The van der Waals surface area contributed by atoms with E-state index in [1.54, 1.807) is 0 Å². The van der Waals surface area contributed by atoms with Gasteiger partial charge in [0.25, 0.3) is 0 Å². The predicted molar refractivity (Wildman–Crippen MR) is 48.2 cm³/mol. The first-order chi connectivity index (χ1) is 5.74. The van der Waals surface area contributed by atoms with Gasteiger partial charge in [0.05, 0.1) is 6.10 Å². The molecule has 0 saturated carbocycles. The third kappa shape index (κ3) is 2.73. The van der Waals surface area contributed by atoms with Crippen molar-refractivity contribution in [1.82, 2.24) is 4.90 Å². The molecule has 72 valence electrons. The SMILES string of the molecule is CN(C)C1CCOC(CCO)C1. The standard InChI is InChI=1S/C9H19NO2/c1-10(2)8-4-6-12-9(7-8)3-5-11/h8-9,11H,3-7H2,1-2H3. The van der Waals surface area contributed by atoms with Crippen LogP contribution in [0.15, 0.2) is 0 Å². The van der Waals surface area contributed by atoms with E-state index in [0.717, 1.165) is 25.9 Å². The van der Waals surface area contributed by atoms with Gasteiger partial charge in [0.1, 0.15) is 0 Å². The van der Waals surface area contributed by atoms with Crippen LogP contribution in [0, 0.1) is 0 Å². The van der Waals surface area contributed by atoms with E-state index in [-0.39, 0.29) is 12.7 Å². The molecule has 0 aromatic heterocycles. The fourth-order valence-electron chi connectivity index (χ4n) is 1.67. The van der Waals surface area contributed by atoms with Gasteiger partial charge in [-0.1, -0.05) is 0 Å². The largest absolute Gasteiger partial charge is 0.396 e. The smallest absolute Gasteiger partial charge is 0.0611 e. The summed E-state index contributed by atoms with van der Waals surface area (Å²) in [5.74, 6) is 0. The van der Waals surface area contributed by atoms with Gasteiger partial charge in [-0.25, -0.2) is 0 Å². The first-order valence-electron chi connectivity index (χ1n) is 4.63. The van der Waals surface area contributed by atoms with E-state index in [1.165, 1.54) is 0 Å². The van der Waals surface area contributed by atoms with Crippen molar-refractivity contribution in [2.24, 2.45) is 0 Å². The Balaban J connectivity index is 2.30. The van der Waals surface area contributed by atoms with Gasteiger partial charge >= 0.3 is 0 Å². The van der Waals surface area contributed by atoms with Gasteiger partial charge in [0.15, 0.2) is 0 Å². The average molecular weight is 173 g/mol. The molecule has 1 saturated heterocycles. The number of rotatable bonds is 3. The van der Waals surface area contributed by atoms with Gasteiger partial charge in [-0.2, -0.15) is 0 Å². The van der Waals surface area contributed by atoms with Gasteiger partial charge < -0.3 is 14.7 Å². The number of ether oxygens (including phenoxy) is 1. The topological polar surface area (TPSA) is 32.7 Å². The molecular weight excluding hydrogens is 154 g/mol. The number of hydrogen-bond donors (Lipinski definition) is 1. The molecular formula is C9H19NO2. The molecule has 2 atom stereocenters. The highest BCUT2D eigenvalue weighted by Crippen LogP contribution is 2.19. The second-order valence-electron chi connectivity index (χ2n) is 3.65. The highest BCUT2D eigenvalue weighted by atomic mass is 16.5. The Morgan fingerprint density at radius 2 is 2.25 bits per heavy atom. The molecule has 1 heterocycles. The van der Waals surface area contributed by atoms with Crippen LogP contribution in [0.5, 0.6) is 0 Å². The minimum Gasteiger partial charge on any atom is -0.396 e. The Morgan fingerprint density at radius 3 is 2.83 bits per heavy atom. The zero-order valence-corrected chi connectivity index (χ0v) is 7.99. The number of aliphatic hydroxyl groups excluding tert-OH is 1. The lowest BCUT2D eigenvalue weighted by Gasteiger charge is -2.33. The van der Waals surface area contributed by atoms with E-state index in [4.69, 9.17) is 9.84 Å². The summed E-state index contributed by atoms with van der Waals surface area (Å²) in [4.78, 5) is 2.24. The first kappa shape index (κ1) is 9.96. The van der Waals surface area contributed by atoms with Gasteiger partial charge in [0.2, 0.25) is 0 Å². The minimum atomic E-state index is 0.241. The molecule has 1 fully saturated rings. The van der Waals surface area contributed by atoms with Crippen LogP contribution in [0.1, 0.15) is 19.3 Å². The molecule has 1 aliphatic rings. The van der Waals surface area contributed by atoms with Crippen LogP contribution >= 0.6 is 0 Å². The van der Waals surface area contributed by atoms with Crippen LogP contribution < -0.4 is 0 Å². The van der Waals surface area contributed by atoms with E-state index >= 15 is 0 Å². The molecule has 2 unspecified atom stereocenters. The van der Waals surface area contributed by atoms with E-state index in [1.807, 2.05) is 0 Å². The maximum atomic E-state index is 8.75. The van der Waals surface area contributed by atoms with Crippen molar-refractivity contribution in [3.63, 3.8) is 0 Å². The summed E-state index contributed by atoms with van der Waals surface area (Å²) < 4.78 is 5.51. The van der Waals surface area contributed by atoms with E-state index in [9.17, 15) is 0 Å². The average Bonchev–Trinajstić information content (AvgIpc) is 2.05. The van der Waals surface area contributed by atoms with Crippen molar-refractivity contribution in [1.29, 1.82) is 0 Å². The quantitative estimate of drug-likeness (QED) is 0.673. The van der Waals surface area contributed by atoms with Crippen molar-refractivity contribution in [2.45, 2.75) is 31.4 Å². The molecule has 0 aromatic rings. The minimum absolute atomic E-state index is 0.241. The van der Waals surface area contributed by atoms with E-state index in [2.05, 4.69) is 19.0 Å². The Bertz CT molecular complexity index is 126. The Labute approximate surface area is 74.3 Å². The number of aliphatic hydroxyl groups is 1. The van der Waals surface area contributed by atoms with Crippen LogP contribution in [0.3, 0.4) is 0 Å². The summed E-state index contributed by atoms with van der Waals surface area (Å²) in [5.41, 5.74) is 0. The third-order valence-corrected chi connectivity index (χ3v) is 2.52. The van der Waals surface area contributed by atoms with Crippen molar-refractivity contribution in [3.8, 4) is 0 Å². The normalized spacial score (nSPS) is 31.0. The lowest BCUT2D eigenvalue weighted by atomic mass is 10.0. The van der Waals surface area contributed by atoms with Gasteiger partial charge in [-0.15, -0.1) is 0 Å². The summed E-state index contributed by atoms with van der Waals surface area (Å²) in [7, 11) is 4.21. The molecule has 0 aliphatic carbocycles. The van der Waals surface area contributed by atoms with Crippen molar-refractivity contribution in [2.75, 3.05) is 27.3 Å². The Hall–Kier alpha value is -0.120. The molecule has 1 rings (SSSR count). The molecule has 3 heteroatoms. The zero-order chi connectivity index (χ0) is 8.97. The maximum absolute atomic E-state index is 8.75. The van der Waals surface area contributed by atoms with Crippen LogP contribution in [0.4, 0.5) is 0 Å². The van der Waals surface area contributed by atoms with Crippen LogP contribution in [-0.2, 0) is 4.74 Å². The molecule has 0 aromatic carbocycles. The number of nitrogens with zero attached hydrogens (tertiary/aromatic N) is 1. The van der Waals surface area contributed by atoms with Crippen molar-refractivity contribution >= 4 is 0 Å². The summed E-state index contributed by atoms with van der Waals surface area (Å²) in [5, 5.41) is 8.75. The molecule has 1 N–H and O–H groups in total. The summed E-state index contributed by atoms with van der Waals surface area (Å²) in [6, 6.07) is 0.635. The summed E-state index contributed by atoms with van der Waals surface area (Å²) in [6.45, 7) is 1.08. The molecule has 3 nitrogen and oxygen atoms in total. The molecule has 0 amide bonds. The van der Waals surface area contributed by atoms with E-state index in [0.29, 0.717) is 6.04 Å². The maximum Gasteiger partial charge on any atom is 0.0611 e. The second kappa shape index (κ2) is 4.80. The van der Waals surface area contributed by atoms with Crippen LogP contribution in [0.2, 0.25) is 0 Å². The number of hydrogen-bond acceptors (Lipinski definition) is 3. The van der Waals surface area contributed by atoms with Gasteiger partial charge in [-0.05, 0) is 33.4 Å². The lowest BCUT2D eigenvalue weighted by molar-refractivity contribution is -0.0278. The van der Waals surface area contributed by atoms with Gasteiger partial charge in [0, 0.05) is 19.3 Å². The molecule has 0 bridgehead atoms. The highest BCUT2D eigenvalue weighted by Gasteiger charge is 2.23. The Morgan fingerprint density at radius 1 is 1.50 bits per heavy atom. The van der Waals surface area contributed by atoms with Crippen molar-refractivity contribution in [3.05, 3.63) is 0 Å². The van der Waals surface area contributed by atoms with E-state index < -0.39 is 0 Å². The van der Waals surface area contributed by atoms with Crippen molar-refractivity contribution < 1.29 is 9.84 Å². The lowest BCUT2D eigenvalue weighted by Crippen LogP contribution is -2.38. The molecule has 0 radical (unpaired) electrons. The highest BCUT2D eigenvalue weighted by molar-refractivity contribution is 4.76. The first-order valence-corrected chi connectivity index (χ1v) is 4.63. The molecule has 1 aliphatic heterocycles. The fourth-order valence-corrected chi connectivity index (χ4v) is 1.67.